The minimum Gasteiger partial charge on any atom is -0.352 e. The van der Waals surface area contributed by atoms with Gasteiger partial charge in [-0.1, -0.05) is 0 Å². The average molecular weight is 404 g/mol. The van der Waals surface area contributed by atoms with Gasteiger partial charge in [-0.3, -0.25) is 19.4 Å². The van der Waals surface area contributed by atoms with Crippen LogP contribution in [0.15, 0.2) is 42.7 Å². The molecular formula is C23H24N4O3. The van der Waals surface area contributed by atoms with Gasteiger partial charge < -0.3 is 15.1 Å². The number of anilines is 2. The van der Waals surface area contributed by atoms with Crippen molar-refractivity contribution in [3.63, 3.8) is 0 Å². The number of benzene rings is 1. The summed E-state index contributed by atoms with van der Waals surface area (Å²) in [5.41, 5.74) is 3.85. The number of nitrogens with one attached hydrogen (secondary N) is 1. The smallest absolute Gasteiger partial charge is 0.230 e. The Kier molecular flexibility index (Phi) is 4.73. The summed E-state index contributed by atoms with van der Waals surface area (Å²) in [6, 6.07) is 9.56. The quantitative estimate of drug-likeness (QED) is 0.827. The summed E-state index contributed by atoms with van der Waals surface area (Å²) in [7, 11) is 0. The van der Waals surface area contributed by atoms with Crippen molar-refractivity contribution in [1.29, 1.82) is 0 Å². The van der Waals surface area contributed by atoms with Gasteiger partial charge in [0, 0.05) is 55.7 Å². The van der Waals surface area contributed by atoms with E-state index in [1.54, 1.807) is 17.3 Å². The van der Waals surface area contributed by atoms with E-state index in [-0.39, 0.29) is 36.0 Å². The van der Waals surface area contributed by atoms with Gasteiger partial charge in [-0.05, 0) is 60.7 Å². The highest BCUT2D eigenvalue weighted by Crippen LogP contribution is 2.38. The minimum atomic E-state index is -0.361. The summed E-state index contributed by atoms with van der Waals surface area (Å²) in [6.07, 6.45) is 6.39. The van der Waals surface area contributed by atoms with Crippen molar-refractivity contribution in [3.8, 4) is 0 Å². The van der Waals surface area contributed by atoms with Gasteiger partial charge in [-0.2, -0.15) is 0 Å². The van der Waals surface area contributed by atoms with Crippen LogP contribution in [-0.2, 0) is 27.3 Å². The lowest BCUT2D eigenvalue weighted by molar-refractivity contribution is -0.126. The van der Waals surface area contributed by atoms with Crippen LogP contribution in [0, 0.1) is 11.8 Å². The minimum absolute atomic E-state index is 0.0390. The average Bonchev–Trinajstić information content (AvgIpc) is 3.42. The number of carbonyl (C=O) groups is 3. The van der Waals surface area contributed by atoms with E-state index in [4.69, 9.17) is 0 Å². The molecule has 3 aliphatic rings. The second kappa shape index (κ2) is 7.55. The third-order valence-electron chi connectivity index (χ3n) is 6.17. The monoisotopic (exact) mass is 404 g/mol. The van der Waals surface area contributed by atoms with Crippen LogP contribution < -0.4 is 15.1 Å². The normalized spacial score (nSPS) is 20.4. The van der Waals surface area contributed by atoms with Gasteiger partial charge >= 0.3 is 0 Å². The van der Waals surface area contributed by atoms with E-state index in [2.05, 4.69) is 10.3 Å². The Morgan fingerprint density at radius 1 is 1.10 bits per heavy atom. The third-order valence-corrected chi connectivity index (χ3v) is 6.17. The molecule has 3 heterocycles. The summed E-state index contributed by atoms with van der Waals surface area (Å²) in [5, 5.41) is 2.92. The van der Waals surface area contributed by atoms with Crippen LogP contribution in [0.3, 0.4) is 0 Å². The maximum absolute atomic E-state index is 12.6. The SMILES string of the molecule is O=C(NCc1ccncc1)C1CC(=O)N(c2ccc3c(c2)CCN3C(=O)C2CC2)C1. The standard InChI is InChI=1S/C23H24N4O3/c28-21-12-18(22(29)25-13-15-5-8-24-9-6-15)14-27(21)19-3-4-20-17(11-19)7-10-26(20)23(30)16-1-2-16/h3-6,8-9,11,16,18H,1-2,7,10,12-14H2,(H,25,29). The van der Waals surface area contributed by atoms with Gasteiger partial charge in [-0.15, -0.1) is 0 Å². The fourth-order valence-electron chi connectivity index (χ4n) is 4.30. The molecule has 1 unspecified atom stereocenters. The molecule has 1 saturated heterocycles. The van der Waals surface area contributed by atoms with Gasteiger partial charge in [-0.25, -0.2) is 0 Å². The molecule has 3 amide bonds. The highest BCUT2D eigenvalue weighted by atomic mass is 16.2. The molecule has 7 heteroatoms. The van der Waals surface area contributed by atoms with E-state index < -0.39 is 0 Å². The summed E-state index contributed by atoms with van der Waals surface area (Å²) < 4.78 is 0. The Morgan fingerprint density at radius 2 is 1.90 bits per heavy atom. The zero-order valence-electron chi connectivity index (χ0n) is 16.7. The Morgan fingerprint density at radius 3 is 2.67 bits per heavy atom. The highest BCUT2D eigenvalue weighted by molar-refractivity contribution is 6.02. The lowest BCUT2D eigenvalue weighted by Crippen LogP contribution is -2.32. The van der Waals surface area contributed by atoms with Crippen molar-refractivity contribution in [3.05, 3.63) is 53.9 Å². The van der Waals surface area contributed by atoms with Crippen LogP contribution in [0.25, 0.3) is 0 Å². The molecule has 1 atom stereocenters. The second-order valence-corrected chi connectivity index (χ2v) is 8.31. The lowest BCUT2D eigenvalue weighted by atomic mass is 10.1. The fraction of sp³-hybridized carbons (Fsp3) is 0.391. The molecule has 1 aliphatic carbocycles. The number of nitrogens with zero attached hydrogens (tertiary/aromatic N) is 3. The van der Waals surface area contributed by atoms with Gasteiger partial charge in [0.2, 0.25) is 17.7 Å². The number of pyridine rings is 1. The van der Waals surface area contributed by atoms with Crippen LogP contribution >= 0.6 is 0 Å². The van der Waals surface area contributed by atoms with Crippen molar-refractivity contribution in [2.75, 3.05) is 22.9 Å². The molecule has 154 valence electrons. The molecule has 7 nitrogen and oxygen atoms in total. The summed E-state index contributed by atoms with van der Waals surface area (Å²) in [4.78, 5) is 45.2. The number of amides is 3. The first kappa shape index (κ1) is 18.8. The van der Waals surface area contributed by atoms with Crippen molar-refractivity contribution in [2.24, 2.45) is 11.8 Å². The Bertz CT molecular complexity index is 1000. The van der Waals surface area contributed by atoms with Crippen molar-refractivity contribution in [2.45, 2.75) is 32.2 Å². The van der Waals surface area contributed by atoms with Gasteiger partial charge in [0.15, 0.2) is 0 Å². The zero-order valence-corrected chi connectivity index (χ0v) is 16.7. The predicted molar refractivity (Wildman–Crippen MR) is 112 cm³/mol. The molecule has 1 aromatic carbocycles. The van der Waals surface area contributed by atoms with Gasteiger partial charge in [0.05, 0.1) is 5.92 Å². The maximum Gasteiger partial charge on any atom is 0.230 e. The highest BCUT2D eigenvalue weighted by Gasteiger charge is 2.38. The first-order chi connectivity index (χ1) is 14.6. The molecule has 0 bridgehead atoms. The fourth-order valence-corrected chi connectivity index (χ4v) is 4.30. The largest absolute Gasteiger partial charge is 0.352 e. The number of hydrogen-bond acceptors (Lipinski definition) is 4. The van der Waals surface area contributed by atoms with Crippen LogP contribution in [0.4, 0.5) is 11.4 Å². The molecule has 1 N–H and O–H groups in total. The van der Waals surface area contributed by atoms with E-state index in [1.165, 1.54) is 0 Å². The Labute approximate surface area is 175 Å². The summed E-state index contributed by atoms with van der Waals surface area (Å²) in [6.45, 7) is 1.52. The molecule has 0 spiro atoms. The van der Waals surface area contributed by atoms with E-state index >= 15 is 0 Å². The predicted octanol–water partition coefficient (Wildman–Crippen LogP) is 2.05. The van der Waals surface area contributed by atoms with E-state index in [0.29, 0.717) is 19.6 Å². The summed E-state index contributed by atoms with van der Waals surface area (Å²) >= 11 is 0. The number of hydrogen-bond donors (Lipinski definition) is 1. The van der Waals surface area contributed by atoms with Crippen LogP contribution in [0.1, 0.15) is 30.4 Å². The molecule has 1 aromatic heterocycles. The van der Waals surface area contributed by atoms with Crippen LogP contribution in [-0.4, -0.2) is 35.8 Å². The third kappa shape index (κ3) is 3.56. The second-order valence-electron chi connectivity index (χ2n) is 8.31. The Balaban J connectivity index is 1.25. The number of rotatable bonds is 5. The zero-order chi connectivity index (χ0) is 20.7. The topological polar surface area (TPSA) is 82.6 Å². The first-order valence-electron chi connectivity index (χ1n) is 10.5. The molecule has 1 saturated carbocycles. The first-order valence-corrected chi connectivity index (χ1v) is 10.5. The maximum atomic E-state index is 12.6. The molecule has 5 rings (SSSR count). The molecule has 2 fully saturated rings. The number of aromatic nitrogens is 1. The molecule has 30 heavy (non-hydrogen) atoms. The summed E-state index contributed by atoms with van der Waals surface area (Å²) in [5.74, 6) is -0.0830. The molecular weight excluding hydrogens is 380 g/mol. The van der Waals surface area contributed by atoms with E-state index in [9.17, 15) is 14.4 Å². The number of carbonyl (C=O) groups excluding carboxylic acids is 3. The molecule has 0 radical (unpaired) electrons. The molecule has 2 aromatic rings. The van der Waals surface area contributed by atoms with Crippen LogP contribution in [0.2, 0.25) is 0 Å². The van der Waals surface area contributed by atoms with E-state index in [0.717, 1.165) is 41.8 Å². The lowest BCUT2D eigenvalue weighted by Gasteiger charge is -2.20. The Hall–Kier alpha value is -3.22. The van der Waals surface area contributed by atoms with Crippen molar-refractivity contribution >= 4 is 29.1 Å². The van der Waals surface area contributed by atoms with Crippen molar-refractivity contribution < 1.29 is 14.4 Å². The van der Waals surface area contributed by atoms with Crippen LogP contribution in [0.5, 0.6) is 0 Å². The van der Waals surface area contributed by atoms with Crippen molar-refractivity contribution in [1.82, 2.24) is 10.3 Å². The van der Waals surface area contributed by atoms with Gasteiger partial charge in [0.25, 0.3) is 0 Å². The van der Waals surface area contributed by atoms with E-state index in [1.807, 2.05) is 35.2 Å². The van der Waals surface area contributed by atoms with Gasteiger partial charge in [0.1, 0.15) is 0 Å². The molecule has 2 aliphatic heterocycles. The number of fused-ring (bicyclic) bond motifs is 1.